The van der Waals surface area contributed by atoms with Gasteiger partial charge in [0, 0.05) is 0 Å². The van der Waals surface area contributed by atoms with Crippen LogP contribution in [0.2, 0.25) is 0 Å². The van der Waals surface area contributed by atoms with Crippen LogP contribution in [0.4, 0.5) is 13.2 Å². The van der Waals surface area contributed by atoms with Gasteiger partial charge in [0.2, 0.25) is 0 Å². The van der Waals surface area contributed by atoms with E-state index >= 15 is 0 Å². The van der Waals surface area contributed by atoms with E-state index in [1.165, 1.54) is 0 Å². The van der Waals surface area contributed by atoms with Gasteiger partial charge in [0.15, 0.2) is 0 Å². The van der Waals surface area contributed by atoms with Crippen LogP contribution in [0.5, 0.6) is 11.5 Å². The minimum atomic E-state index is -4.48. The first-order valence-electron chi connectivity index (χ1n) is 4.08. The van der Waals surface area contributed by atoms with Gasteiger partial charge in [-0.1, -0.05) is 0 Å². The first-order valence-corrected chi connectivity index (χ1v) is 5.16. The maximum Gasteiger partial charge on any atom is 0.416 e. The van der Waals surface area contributed by atoms with E-state index in [9.17, 15) is 18.3 Å². The van der Waals surface area contributed by atoms with E-state index in [4.69, 9.17) is 4.74 Å². The summed E-state index contributed by atoms with van der Waals surface area (Å²) in [6.07, 6.45) is -4.48. The molecule has 0 spiro atoms. The SMILES string of the molecule is CCOc1cc(C(F)(F)F)cc(O)c1I. The second-order valence-corrected chi connectivity index (χ2v) is 3.82. The van der Waals surface area contributed by atoms with Crippen molar-refractivity contribution in [1.82, 2.24) is 0 Å². The van der Waals surface area contributed by atoms with E-state index in [0.717, 1.165) is 6.07 Å². The summed E-state index contributed by atoms with van der Waals surface area (Å²) >= 11 is 1.73. The van der Waals surface area contributed by atoms with E-state index in [0.29, 0.717) is 6.07 Å². The van der Waals surface area contributed by atoms with Gasteiger partial charge in [0.05, 0.1) is 15.7 Å². The summed E-state index contributed by atoms with van der Waals surface area (Å²) < 4.78 is 42.3. The Morgan fingerprint density at radius 1 is 1.40 bits per heavy atom. The molecule has 0 amide bonds. The summed E-state index contributed by atoms with van der Waals surface area (Å²) in [6.45, 7) is 1.91. The standard InChI is InChI=1S/C9H8F3IO2/c1-2-15-7-4-5(9(10,11)12)3-6(14)8(7)13/h3-4,14H,2H2,1H3. The molecule has 1 rings (SSSR count). The largest absolute Gasteiger partial charge is 0.507 e. The Hall–Kier alpha value is -0.660. The third kappa shape index (κ3) is 2.90. The second kappa shape index (κ2) is 4.46. The molecule has 0 saturated carbocycles. The van der Waals surface area contributed by atoms with Gasteiger partial charge < -0.3 is 9.84 Å². The summed E-state index contributed by atoms with van der Waals surface area (Å²) in [7, 11) is 0. The lowest BCUT2D eigenvalue weighted by atomic mass is 10.2. The predicted molar refractivity (Wildman–Crippen MR) is 57.0 cm³/mol. The number of benzene rings is 1. The van der Waals surface area contributed by atoms with Gasteiger partial charge in [-0.2, -0.15) is 13.2 Å². The molecule has 0 radical (unpaired) electrons. The lowest BCUT2D eigenvalue weighted by Gasteiger charge is -2.12. The molecule has 84 valence electrons. The lowest BCUT2D eigenvalue weighted by Crippen LogP contribution is -2.06. The van der Waals surface area contributed by atoms with Gasteiger partial charge >= 0.3 is 6.18 Å². The average molecular weight is 332 g/mol. The van der Waals surface area contributed by atoms with Crippen molar-refractivity contribution in [3.63, 3.8) is 0 Å². The highest BCUT2D eigenvalue weighted by Crippen LogP contribution is 2.38. The van der Waals surface area contributed by atoms with Gasteiger partial charge in [-0.05, 0) is 41.6 Å². The smallest absolute Gasteiger partial charge is 0.416 e. The quantitative estimate of drug-likeness (QED) is 0.841. The summed E-state index contributed by atoms with van der Waals surface area (Å²) in [5, 5.41) is 9.28. The minimum absolute atomic E-state index is 0.0467. The molecule has 15 heavy (non-hydrogen) atoms. The second-order valence-electron chi connectivity index (χ2n) is 2.74. The van der Waals surface area contributed by atoms with Gasteiger partial charge in [0.25, 0.3) is 0 Å². The maximum absolute atomic E-state index is 12.4. The Balaban J connectivity index is 3.23. The van der Waals surface area contributed by atoms with Crippen LogP contribution < -0.4 is 4.74 Å². The third-order valence-electron chi connectivity index (χ3n) is 1.65. The average Bonchev–Trinajstić information content (AvgIpc) is 2.11. The molecular weight excluding hydrogens is 324 g/mol. The third-order valence-corrected chi connectivity index (χ3v) is 2.73. The van der Waals surface area contributed by atoms with Crippen molar-refractivity contribution in [3.05, 3.63) is 21.3 Å². The molecule has 1 aromatic rings. The van der Waals surface area contributed by atoms with Crippen molar-refractivity contribution in [2.24, 2.45) is 0 Å². The molecular formula is C9H8F3IO2. The number of halogens is 4. The molecule has 0 atom stereocenters. The highest BCUT2D eigenvalue weighted by molar-refractivity contribution is 14.1. The summed E-state index contributed by atoms with van der Waals surface area (Å²) in [5.41, 5.74) is -0.913. The number of aromatic hydroxyl groups is 1. The fourth-order valence-electron chi connectivity index (χ4n) is 1.01. The van der Waals surface area contributed by atoms with Crippen LogP contribution in [0.1, 0.15) is 12.5 Å². The molecule has 0 saturated heterocycles. The van der Waals surface area contributed by atoms with Crippen LogP contribution in [0.25, 0.3) is 0 Å². The van der Waals surface area contributed by atoms with E-state index in [1.54, 1.807) is 29.5 Å². The number of hydrogen-bond donors (Lipinski definition) is 1. The van der Waals surface area contributed by atoms with Crippen molar-refractivity contribution >= 4 is 22.6 Å². The normalized spacial score (nSPS) is 11.5. The molecule has 1 aromatic carbocycles. The summed E-state index contributed by atoms with van der Waals surface area (Å²) in [6, 6.07) is 1.56. The fourth-order valence-corrected chi connectivity index (χ4v) is 1.47. The van der Waals surface area contributed by atoms with Crippen LogP contribution in [0, 0.1) is 3.57 Å². The number of alkyl halides is 3. The van der Waals surface area contributed by atoms with Crippen molar-refractivity contribution in [1.29, 1.82) is 0 Å². The Labute approximate surface area is 98.2 Å². The zero-order valence-electron chi connectivity index (χ0n) is 7.73. The van der Waals surface area contributed by atoms with Crippen LogP contribution in [-0.2, 0) is 6.18 Å². The predicted octanol–water partition coefficient (Wildman–Crippen LogP) is 3.41. The van der Waals surface area contributed by atoms with Crippen LogP contribution in [0.3, 0.4) is 0 Å². The number of phenols is 1. The van der Waals surface area contributed by atoms with E-state index in [1.807, 2.05) is 0 Å². The van der Waals surface area contributed by atoms with E-state index in [2.05, 4.69) is 0 Å². The van der Waals surface area contributed by atoms with Gasteiger partial charge in [-0.3, -0.25) is 0 Å². The molecule has 0 aliphatic heterocycles. The summed E-state index contributed by atoms with van der Waals surface area (Å²) in [5.74, 6) is -0.376. The molecule has 0 unspecified atom stereocenters. The zero-order chi connectivity index (χ0) is 11.6. The lowest BCUT2D eigenvalue weighted by molar-refractivity contribution is -0.137. The number of ether oxygens (including phenoxy) is 1. The molecule has 2 nitrogen and oxygen atoms in total. The zero-order valence-corrected chi connectivity index (χ0v) is 9.89. The first kappa shape index (κ1) is 12.4. The molecule has 0 aliphatic carbocycles. The molecule has 0 fully saturated rings. The maximum atomic E-state index is 12.4. The van der Waals surface area contributed by atoms with E-state index in [-0.39, 0.29) is 15.9 Å². The minimum Gasteiger partial charge on any atom is -0.507 e. The molecule has 0 aromatic heterocycles. The van der Waals surface area contributed by atoms with Crippen molar-refractivity contribution in [2.75, 3.05) is 6.61 Å². The Kier molecular flexibility index (Phi) is 3.69. The Bertz CT molecular complexity index is 363. The molecule has 6 heteroatoms. The van der Waals surface area contributed by atoms with Crippen molar-refractivity contribution in [3.8, 4) is 11.5 Å². The van der Waals surface area contributed by atoms with Crippen molar-refractivity contribution < 1.29 is 23.0 Å². The monoisotopic (exact) mass is 332 g/mol. The first-order chi connectivity index (χ1) is 6.86. The van der Waals surface area contributed by atoms with Crippen LogP contribution in [-0.4, -0.2) is 11.7 Å². The Morgan fingerprint density at radius 3 is 2.47 bits per heavy atom. The fraction of sp³-hybridized carbons (Fsp3) is 0.333. The number of rotatable bonds is 2. The highest BCUT2D eigenvalue weighted by Gasteiger charge is 2.32. The number of phenolic OH excluding ortho intramolecular Hbond substituents is 1. The summed E-state index contributed by atoms with van der Waals surface area (Å²) in [4.78, 5) is 0. The van der Waals surface area contributed by atoms with E-state index < -0.39 is 17.5 Å². The van der Waals surface area contributed by atoms with Crippen LogP contribution >= 0.6 is 22.6 Å². The van der Waals surface area contributed by atoms with Crippen molar-refractivity contribution in [2.45, 2.75) is 13.1 Å². The van der Waals surface area contributed by atoms with Gasteiger partial charge in [-0.15, -0.1) is 0 Å². The molecule has 0 bridgehead atoms. The molecule has 1 N–H and O–H groups in total. The molecule has 0 aliphatic rings. The van der Waals surface area contributed by atoms with Crippen LogP contribution in [0.15, 0.2) is 12.1 Å². The Morgan fingerprint density at radius 2 is 2.00 bits per heavy atom. The number of hydrogen-bond acceptors (Lipinski definition) is 2. The molecule has 0 heterocycles. The van der Waals surface area contributed by atoms with Gasteiger partial charge in [0.1, 0.15) is 11.5 Å². The van der Waals surface area contributed by atoms with Gasteiger partial charge in [-0.25, -0.2) is 0 Å². The highest BCUT2D eigenvalue weighted by atomic mass is 127. The topological polar surface area (TPSA) is 29.5 Å².